The van der Waals surface area contributed by atoms with E-state index in [0.717, 1.165) is 11.6 Å². The van der Waals surface area contributed by atoms with Crippen molar-refractivity contribution in [1.82, 2.24) is 5.43 Å². The van der Waals surface area contributed by atoms with Crippen molar-refractivity contribution in [3.05, 3.63) is 68.7 Å². The lowest BCUT2D eigenvalue weighted by Crippen LogP contribution is -2.21. The number of non-ortho nitro benzene ring substituents is 1. The molecule has 9 heteroatoms. The number of nitro groups is 1. The Labute approximate surface area is 160 Å². The van der Waals surface area contributed by atoms with Crippen LogP contribution < -0.4 is 10.7 Å². The van der Waals surface area contributed by atoms with Gasteiger partial charge in [0.1, 0.15) is 0 Å². The van der Waals surface area contributed by atoms with Crippen LogP contribution in [0.2, 0.25) is 5.02 Å². The van der Waals surface area contributed by atoms with Crippen LogP contribution in [0.25, 0.3) is 0 Å². The number of nitrogens with zero attached hydrogens (tertiary/aromatic N) is 2. The van der Waals surface area contributed by atoms with Crippen molar-refractivity contribution < 1.29 is 14.5 Å². The van der Waals surface area contributed by atoms with Gasteiger partial charge in [-0.15, -0.1) is 0 Å². The highest BCUT2D eigenvalue weighted by Gasteiger charge is 2.12. The number of halogens is 1. The molecule has 0 aliphatic heterocycles. The SMILES string of the molecule is C/C(CC(=O)Nc1cccc(Cl)c1C)=N\NC(=O)c1cccc([N+](=O)[O-])c1. The lowest BCUT2D eigenvalue weighted by Gasteiger charge is -2.09. The highest BCUT2D eigenvalue weighted by Crippen LogP contribution is 2.23. The number of carbonyl (C=O) groups is 2. The van der Waals surface area contributed by atoms with Crippen molar-refractivity contribution in [3.8, 4) is 0 Å². The summed E-state index contributed by atoms with van der Waals surface area (Å²) in [6.07, 6.45) is -0.0405. The molecule has 0 saturated heterocycles. The Bertz CT molecular complexity index is 927. The zero-order valence-electron chi connectivity index (χ0n) is 14.7. The molecule has 0 aromatic heterocycles. The maximum atomic E-state index is 12.1. The van der Waals surface area contributed by atoms with Crippen LogP contribution in [0.15, 0.2) is 47.6 Å². The fraction of sp³-hybridized carbons (Fsp3) is 0.167. The zero-order chi connectivity index (χ0) is 20.0. The maximum Gasteiger partial charge on any atom is 0.271 e. The topological polar surface area (TPSA) is 114 Å². The first-order valence-corrected chi connectivity index (χ1v) is 8.28. The monoisotopic (exact) mass is 388 g/mol. The number of nitrogens with one attached hydrogen (secondary N) is 2. The van der Waals surface area contributed by atoms with Crippen LogP contribution in [-0.2, 0) is 4.79 Å². The number of hydrazone groups is 1. The summed E-state index contributed by atoms with van der Waals surface area (Å²) < 4.78 is 0. The van der Waals surface area contributed by atoms with Crippen LogP contribution in [0.5, 0.6) is 0 Å². The average molecular weight is 389 g/mol. The zero-order valence-corrected chi connectivity index (χ0v) is 15.4. The fourth-order valence-corrected chi connectivity index (χ4v) is 2.36. The Balaban J connectivity index is 1.96. The lowest BCUT2D eigenvalue weighted by atomic mass is 10.2. The third-order valence-corrected chi connectivity index (χ3v) is 4.04. The number of hydrogen-bond acceptors (Lipinski definition) is 5. The summed E-state index contributed by atoms with van der Waals surface area (Å²) in [5.74, 6) is -0.921. The summed E-state index contributed by atoms with van der Waals surface area (Å²) in [4.78, 5) is 34.3. The van der Waals surface area contributed by atoms with E-state index >= 15 is 0 Å². The van der Waals surface area contributed by atoms with E-state index in [1.165, 1.54) is 18.2 Å². The van der Waals surface area contributed by atoms with E-state index in [-0.39, 0.29) is 23.6 Å². The van der Waals surface area contributed by atoms with Gasteiger partial charge < -0.3 is 5.32 Å². The van der Waals surface area contributed by atoms with Gasteiger partial charge in [0.25, 0.3) is 11.6 Å². The van der Waals surface area contributed by atoms with Gasteiger partial charge in [-0.3, -0.25) is 19.7 Å². The Morgan fingerprint density at radius 2 is 1.93 bits per heavy atom. The second-order valence-corrected chi connectivity index (χ2v) is 6.14. The Hall–Kier alpha value is -3.26. The molecule has 2 rings (SSSR count). The number of amides is 2. The summed E-state index contributed by atoms with van der Waals surface area (Å²) in [5, 5.41) is 17.9. The van der Waals surface area contributed by atoms with Crippen molar-refractivity contribution in [2.45, 2.75) is 20.3 Å². The molecular weight excluding hydrogens is 372 g/mol. The molecule has 0 spiro atoms. The fourth-order valence-electron chi connectivity index (χ4n) is 2.18. The van der Waals surface area contributed by atoms with Gasteiger partial charge >= 0.3 is 0 Å². The number of carbonyl (C=O) groups excluding carboxylic acids is 2. The minimum Gasteiger partial charge on any atom is -0.325 e. The van der Waals surface area contributed by atoms with E-state index in [2.05, 4.69) is 15.8 Å². The van der Waals surface area contributed by atoms with Gasteiger partial charge in [0.05, 0.1) is 11.3 Å². The highest BCUT2D eigenvalue weighted by molar-refractivity contribution is 6.31. The molecular formula is C18H17ClN4O4. The summed E-state index contributed by atoms with van der Waals surface area (Å²) >= 11 is 6.01. The lowest BCUT2D eigenvalue weighted by molar-refractivity contribution is -0.384. The quantitative estimate of drug-likeness (QED) is 0.446. The van der Waals surface area contributed by atoms with Crippen molar-refractivity contribution in [3.63, 3.8) is 0 Å². The Morgan fingerprint density at radius 1 is 1.22 bits per heavy atom. The van der Waals surface area contributed by atoms with Crippen LogP contribution >= 0.6 is 11.6 Å². The molecule has 0 saturated carbocycles. The molecule has 0 atom stereocenters. The summed E-state index contributed by atoms with van der Waals surface area (Å²) in [6, 6.07) is 10.5. The minimum atomic E-state index is -0.607. The third-order valence-electron chi connectivity index (χ3n) is 3.63. The van der Waals surface area contributed by atoms with Crippen LogP contribution in [-0.4, -0.2) is 22.4 Å². The smallest absolute Gasteiger partial charge is 0.271 e. The molecule has 140 valence electrons. The summed E-state index contributed by atoms with van der Waals surface area (Å²) in [5.41, 5.74) is 3.90. The van der Waals surface area contributed by atoms with E-state index in [4.69, 9.17) is 11.6 Å². The van der Waals surface area contributed by atoms with Crippen molar-refractivity contribution in [1.29, 1.82) is 0 Å². The summed E-state index contributed by atoms with van der Waals surface area (Å²) in [6.45, 7) is 3.37. The minimum absolute atomic E-state index is 0.0405. The standard InChI is InChI=1S/C18H17ClN4O4/c1-11(9-17(24)20-16-8-4-7-15(19)12(16)2)21-22-18(25)13-5-3-6-14(10-13)23(26)27/h3-8,10H,9H2,1-2H3,(H,20,24)(H,22,25)/b21-11+. The highest BCUT2D eigenvalue weighted by atomic mass is 35.5. The number of benzene rings is 2. The van der Waals surface area contributed by atoms with Crippen LogP contribution in [0, 0.1) is 17.0 Å². The third kappa shape index (κ3) is 5.61. The number of hydrogen-bond donors (Lipinski definition) is 2. The number of rotatable bonds is 6. The molecule has 2 aromatic rings. The first-order chi connectivity index (χ1) is 12.8. The second kappa shape index (κ2) is 8.91. The van der Waals surface area contributed by atoms with E-state index in [1.807, 2.05) is 0 Å². The van der Waals surface area contributed by atoms with Gasteiger partial charge in [-0.1, -0.05) is 23.7 Å². The van der Waals surface area contributed by atoms with Gasteiger partial charge in [0.15, 0.2) is 0 Å². The van der Waals surface area contributed by atoms with Crippen LogP contribution in [0.1, 0.15) is 29.3 Å². The van der Waals surface area contributed by atoms with Crippen molar-refractivity contribution >= 4 is 40.5 Å². The van der Waals surface area contributed by atoms with Gasteiger partial charge in [-0.2, -0.15) is 5.10 Å². The molecule has 2 N–H and O–H groups in total. The van der Waals surface area contributed by atoms with Gasteiger partial charge in [0.2, 0.25) is 5.91 Å². The normalized spacial score (nSPS) is 11.0. The molecule has 0 heterocycles. The van der Waals surface area contributed by atoms with Crippen LogP contribution in [0.4, 0.5) is 11.4 Å². The van der Waals surface area contributed by atoms with Crippen molar-refractivity contribution in [2.75, 3.05) is 5.32 Å². The number of nitro benzene ring substituents is 1. The van der Waals surface area contributed by atoms with E-state index < -0.39 is 10.8 Å². The number of anilines is 1. The Kier molecular flexibility index (Phi) is 6.62. The second-order valence-electron chi connectivity index (χ2n) is 5.73. The molecule has 2 aromatic carbocycles. The van der Waals surface area contributed by atoms with E-state index in [0.29, 0.717) is 16.4 Å². The molecule has 0 aliphatic rings. The van der Waals surface area contributed by atoms with E-state index in [1.54, 1.807) is 32.0 Å². The molecule has 0 unspecified atom stereocenters. The molecule has 8 nitrogen and oxygen atoms in total. The average Bonchev–Trinajstić information content (AvgIpc) is 2.63. The summed E-state index contributed by atoms with van der Waals surface area (Å²) in [7, 11) is 0. The maximum absolute atomic E-state index is 12.1. The molecule has 0 radical (unpaired) electrons. The largest absolute Gasteiger partial charge is 0.325 e. The first kappa shape index (κ1) is 20.1. The van der Waals surface area contributed by atoms with Crippen molar-refractivity contribution in [2.24, 2.45) is 5.10 Å². The predicted molar refractivity (Wildman–Crippen MR) is 103 cm³/mol. The van der Waals surface area contributed by atoms with Gasteiger partial charge in [-0.05, 0) is 37.6 Å². The molecule has 0 fully saturated rings. The van der Waals surface area contributed by atoms with Crippen LogP contribution in [0.3, 0.4) is 0 Å². The first-order valence-electron chi connectivity index (χ1n) is 7.91. The molecule has 0 bridgehead atoms. The van der Waals surface area contributed by atoms with Gasteiger partial charge in [0, 0.05) is 34.1 Å². The van der Waals surface area contributed by atoms with E-state index in [9.17, 15) is 19.7 Å². The molecule has 27 heavy (non-hydrogen) atoms. The Morgan fingerprint density at radius 3 is 2.63 bits per heavy atom. The molecule has 0 aliphatic carbocycles. The predicted octanol–water partition coefficient (Wildman–Crippen LogP) is 3.69. The molecule has 2 amide bonds. The van der Waals surface area contributed by atoms with Gasteiger partial charge in [-0.25, -0.2) is 5.43 Å².